The van der Waals surface area contributed by atoms with Gasteiger partial charge in [0.2, 0.25) is 5.91 Å². The topological polar surface area (TPSA) is 51.0 Å². The molecule has 0 saturated heterocycles. The van der Waals surface area contributed by atoms with E-state index in [1.54, 1.807) is 18.2 Å². The minimum atomic E-state index is -0.331. The van der Waals surface area contributed by atoms with Crippen molar-refractivity contribution < 1.29 is 9.18 Å². The number of hydrogen-bond acceptors (Lipinski definition) is 4. The Morgan fingerprint density at radius 3 is 2.89 bits per heavy atom. The number of fused-ring (bicyclic) bond motifs is 1. The maximum absolute atomic E-state index is 13.6. The highest BCUT2D eigenvalue weighted by Gasteiger charge is 2.25. The summed E-state index contributed by atoms with van der Waals surface area (Å²) in [4.78, 5) is 14.6. The molecular formula is C21H19FN4OS. The molecule has 0 bridgehead atoms. The van der Waals surface area contributed by atoms with Gasteiger partial charge in [-0.1, -0.05) is 48.2 Å². The molecule has 28 heavy (non-hydrogen) atoms. The van der Waals surface area contributed by atoms with Gasteiger partial charge >= 0.3 is 0 Å². The number of carbonyl (C=O) groups is 1. The monoisotopic (exact) mass is 394 g/mol. The standard InChI is InChI=1S/C21H19FN4OS/c1-2-11-26-20(16-7-5-8-17(22)13-16)23-24-21(26)28-14-19(27)25-12-10-15-6-3-4-9-18(15)25/h2-9,13H,1,10-12,14H2. The summed E-state index contributed by atoms with van der Waals surface area (Å²) < 4.78 is 15.4. The van der Waals surface area contributed by atoms with Gasteiger partial charge in [-0.2, -0.15) is 0 Å². The fourth-order valence-electron chi connectivity index (χ4n) is 3.33. The van der Waals surface area contributed by atoms with Crippen LogP contribution < -0.4 is 4.90 Å². The molecule has 0 atom stereocenters. The molecule has 0 radical (unpaired) electrons. The molecule has 4 rings (SSSR count). The van der Waals surface area contributed by atoms with Crippen molar-refractivity contribution in [2.24, 2.45) is 0 Å². The van der Waals surface area contributed by atoms with Crippen molar-refractivity contribution in [2.75, 3.05) is 17.2 Å². The number of hydrogen-bond donors (Lipinski definition) is 0. The summed E-state index contributed by atoms with van der Waals surface area (Å²) in [6.07, 6.45) is 2.61. The van der Waals surface area contributed by atoms with Crippen LogP contribution in [-0.4, -0.2) is 33.0 Å². The first-order chi connectivity index (χ1) is 13.7. The Hall–Kier alpha value is -2.93. The predicted molar refractivity (Wildman–Crippen MR) is 109 cm³/mol. The average molecular weight is 394 g/mol. The number of rotatable bonds is 6. The maximum Gasteiger partial charge on any atom is 0.237 e. The van der Waals surface area contributed by atoms with Gasteiger partial charge in [-0.05, 0) is 30.2 Å². The number of anilines is 1. The number of amides is 1. The van der Waals surface area contributed by atoms with Gasteiger partial charge in [0.1, 0.15) is 5.82 Å². The van der Waals surface area contributed by atoms with Crippen LogP contribution in [0.15, 0.2) is 66.3 Å². The van der Waals surface area contributed by atoms with Crippen LogP contribution in [0.4, 0.5) is 10.1 Å². The third-order valence-corrected chi connectivity index (χ3v) is 5.58. The molecule has 7 heteroatoms. The Labute approximate surface area is 166 Å². The Bertz CT molecular complexity index is 1030. The van der Waals surface area contributed by atoms with Crippen molar-refractivity contribution in [3.63, 3.8) is 0 Å². The van der Waals surface area contributed by atoms with Crippen LogP contribution in [-0.2, 0) is 17.8 Å². The van der Waals surface area contributed by atoms with E-state index < -0.39 is 0 Å². The number of aromatic nitrogens is 3. The van der Waals surface area contributed by atoms with Gasteiger partial charge in [0, 0.05) is 24.3 Å². The number of thioether (sulfide) groups is 1. The highest BCUT2D eigenvalue weighted by atomic mass is 32.2. The molecule has 142 valence electrons. The van der Waals surface area contributed by atoms with Crippen LogP contribution in [0, 0.1) is 5.82 Å². The van der Waals surface area contributed by atoms with Gasteiger partial charge < -0.3 is 4.90 Å². The van der Waals surface area contributed by atoms with Crippen molar-refractivity contribution in [3.8, 4) is 11.4 Å². The van der Waals surface area contributed by atoms with Crippen molar-refractivity contribution in [3.05, 3.63) is 72.6 Å². The lowest BCUT2D eigenvalue weighted by atomic mass is 10.2. The van der Waals surface area contributed by atoms with E-state index in [0.29, 0.717) is 29.6 Å². The average Bonchev–Trinajstić information content (AvgIpc) is 3.31. The zero-order valence-corrected chi connectivity index (χ0v) is 16.0. The Kier molecular flexibility index (Phi) is 5.25. The molecule has 0 fully saturated rings. The van der Waals surface area contributed by atoms with E-state index in [1.165, 1.54) is 29.5 Å². The smallest absolute Gasteiger partial charge is 0.237 e. The number of allylic oxidation sites excluding steroid dienone is 1. The molecule has 1 aromatic heterocycles. The highest BCUT2D eigenvalue weighted by molar-refractivity contribution is 7.99. The fourth-order valence-corrected chi connectivity index (χ4v) is 4.16. The quantitative estimate of drug-likeness (QED) is 0.469. The van der Waals surface area contributed by atoms with E-state index >= 15 is 0 Å². The third kappa shape index (κ3) is 3.57. The highest BCUT2D eigenvalue weighted by Crippen LogP contribution is 2.29. The predicted octanol–water partition coefficient (Wildman–Crippen LogP) is 3.95. The molecule has 0 N–H and O–H groups in total. The van der Waals surface area contributed by atoms with Gasteiger partial charge in [0.25, 0.3) is 0 Å². The number of carbonyl (C=O) groups excluding carboxylic acids is 1. The summed E-state index contributed by atoms with van der Waals surface area (Å²) in [6, 6.07) is 14.2. The first kappa shape index (κ1) is 18.4. The lowest BCUT2D eigenvalue weighted by molar-refractivity contribution is -0.116. The minimum Gasteiger partial charge on any atom is -0.311 e. The van der Waals surface area contributed by atoms with Crippen LogP contribution in [0.25, 0.3) is 11.4 Å². The zero-order chi connectivity index (χ0) is 19.5. The molecule has 0 unspecified atom stereocenters. The first-order valence-electron chi connectivity index (χ1n) is 8.98. The molecule has 1 amide bonds. The summed E-state index contributed by atoms with van der Waals surface area (Å²) in [5.74, 6) is 0.520. The molecule has 1 aliphatic heterocycles. The maximum atomic E-state index is 13.6. The van der Waals surface area contributed by atoms with Gasteiger partial charge in [-0.15, -0.1) is 16.8 Å². The van der Waals surface area contributed by atoms with Crippen molar-refractivity contribution in [1.82, 2.24) is 14.8 Å². The van der Waals surface area contributed by atoms with Gasteiger partial charge in [-0.3, -0.25) is 9.36 Å². The molecule has 5 nitrogen and oxygen atoms in total. The first-order valence-corrected chi connectivity index (χ1v) is 9.97. The summed E-state index contributed by atoms with van der Waals surface area (Å²) in [5, 5.41) is 9.04. The van der Waals surface area contributed by atoms with Gasteiger partial charge in [0.15, 0.2) is 11.0 Å². The van der Waals surface area contributed by atoms with Crippen LogP contribution >= 0.6 is 11.8 Å². The summed E-state index contributed by atoms with van der Waals surface area (Å²) in [6.45, 7) is 4.95. The number of para-hydroxylation sites is 1. The van der Waals surface area contributed by atoms with Crippen LogP contribution in [0.2, 0.25) is 0 Å². The van der Waals surface area contributed by atoms with Crippen molar-refractivity contribution in [1.29, 1.82) is 0 Å². The fraction of sp³-hybridized carbons (Fsp3) is 0.190. The Morgan fingerprint density at radius 1 is 1.21 bits per heavy atom. The van der Waals surface area contributed by atoms with Crippen LogP contribution in [0.3, 0.4) is 0 Å². The molecule has 3 aromatic rings. The molecule has 0 aliphatic carbocycles. The lowest BCUT2D eigenvalue weighted by Crippen LogP contribution is -2.30. The molecule has 0 spiro atoms. The SMILES string of the molecule is C=CCn1c(SCC(=O)N2CCc3ccccc32)nnc1-c1cccc(F)c1. The van der Waals surface area contributed by atoms with Crippen molar-refractivity contribution in [2.45, 2.75) is 18.1 Å². The third-order valence-electron chi connectivity index (χ3n) is 4.62. The van der Waals surface area contributed by atoms with E-state index in [4.69, 9.17) is 0 Å². The van der Waals surface area contributed by atoms with E-state index in [9.17, 15) is 9.18 Å². The van der Waals surface area contributed by atoms with Gasteiger partial charge in [0.05, 0.1) is 5.75 Å². The summed E-state index contributed by atoms with van der Waals surface area (Å²) in [5.41, 5.74) is 2.83. The van der Waals surface area contributed by atoms with Crippen molar-refractivity contribution >= 4 is 23.4 Å². The molecular weight excluding hydrogens is 375 g/mol. The van der Waals surface area contributed by atoms with E-state index in [2.05, 4.69) is 22.8 Å². The largest absolute Gasteiger partial charge is 0.311 e. The summed E-state index contributed by atoms with van der Waals surface area (Å²) >= 11 is 1.33. The van der Waals surface area contributed by atoms with E-state index in [-0.39, 0.29) is 17.5 Å². The molecule has 0 saturated carbocycles. The summed E-state index contributed by atoms with van der Waals surface area (Å²) in [7, 11) is 0. The molecule has 2 heterocycles. The zero-order valence-electron chi connectivity index (χ0n) is 15.2. The molecule has 2 aromatic carbocycles. The Morgan fingerprint density at radius 2 is 2.07 bits per heavy atom. The molecule has 1 aliphatic rings. The minimum absolute atomic E-state index is 0.0374. The second-order valence-corrected chi connectivity index (χ2v) is 7.37. The van der Waals surface area contributed by atoms with Crippen LogP contribution in [0.5, 0.6) is 0 Å². The number of benzene rings is 2. The number of nitrogens with zero attached hydrogens (tertiary/aromatic N) is 4. The normalized spacial score (nSPS) is 12.8. The van der Waals surface area contributed by atoms with Gasteiger partial charge in [-0.25, -0.2) is 4.39 Å². The van der Waals surface area contributed by atoms with E-state index in [1.807, 2.05) is 27.7 Å². The van der Waals surface area contributed by atoms with Crippen LogP contribution in [0.1, 0.15) is 5.56 Å². The second kappa shape index (κ2) is 7.98. The second-order valence-electron chi connectivity index (χ2n) is 6.43. The van der Waals surface area contributed by atoms with E-state index in [0.717, 1.165) is 12.1 Å². The number of halogens is 1. The lowest BCUT2D eigenvalue weighted by Gasteiger charge is -2.17. The Balaban J connectivity index is 1.52.